The van der Waals surface area contributed by atoms with E-state index in [4.69, 9.17) is 31.6 Å². The molecule has 2 unspecified atom stereocenters. The summed E-state index contributed by atoms with van der Waals surface area (Å²) in [5.41, 5.74) is 14.7. The molecule has 6 rings (SSSR count). The third-order valence-corrected chi connectivity index (χ3v) is 11.2. The smallest absolute Gasteiger partial charge is 0.252 e. The third-order valence-electron chi connectivity index (χ3n) is 10.9. The van der Waals surface area contributed by atoms with Gasteiger partial charge < -0.3 is 47.4 Å². The SMILES string of the molecule is CC(CCC=O)NC(=O)c1ccc(N2CC(CNC(=O)C3CCCCC3)C2)cc1C=O.COCCOc1cc[c-]c(-c2cc(C(CN)c3ccccc3)ccc2Cl)c1F.NC=O.[NH2-].[Y]. The first-order valence-corrected chi connectivity index (χ1v) is 21.3. The maximum atomic E-state index is 15.0. The Bertz CT molecular complexity index is 2070. The number of nitrogens with one attached hydrogen (secondary N) is 2. The van der Waals surface area contributed by atoms with Gasteiger partial charge in [-0.2, -0.15) is 0 Å². The van der Waals surface area contributed by atoms with Crippen molar-refractivity contribution < 1.29 is 70.5 Å². The number of primary amides is 1. The molecule has 0 aromatic heterocycles. The fraction of sp³-hybridized carbons (Fsp3) is 0.396. The van der Waals surface area contributed by atoms with Crippen LogP contribution >= 0.6 is 11.6 Å². The van der Waals surface area contributed by atoms with Gasteiger partial charge in [-0.15, -0.1) is 17.7 Å². The molecule has 1 aliphatic carbocycles. The number of aldehydes is 2. The molecule has 343 valence electrons. The summed E-state index contributed by atoms with van der Waals surface area (Å²) in [6.45, 7) is 5.22. The first-order chi connectivity index (χ1) is 30.1. The number of carbonyl (C=O) groups excluding carboxylic acids is 5. The van der Waals surface area contributed by atoms with E-state index in [1.165, 1.54) is 6.42 Å². The maximum Gasteiger partial charge on any atom is 0.252 e. The normalized spacial score (nSPS) is 14.2. The van der Waals surface area contributed by atoms with Crippen molar-refractivity contribution in [2.75, 3.05) is 51.4 Å². The Morgan fingerprint density at radius 1 is 0.984 bits per heavy atom. The molecule has 0 bridgehead atoms. The van der Waals surface area contributed by atoms with Gasteiger partial charge in [0.25, 0.3) is 5.91 Å². The Hall–Kier alpha value is -4.57. The van der Waals surface area contributed by atoms with Crippen LogP contribution in [-0.4, -0.2) is 83.3 Å². The summed E-state index contributed by atoms with van der Waals surface area (Å²) >= 11 is 6.40. The van der Waals surface area contributed by atoms with Gasteiger partial charge in [0.05, 0.1) is 18.2 Å². The van der Waals surface area contributed by atoms with Crippen LogP contribution < -0.4 is 31.7 Å². The van der Waals surface area contributed by atoms with E-state index in [9.17, 15) is 19.2 Å². The van der Waals surface area contributed by atoms with Gasteiger partial charge in [-0.3, -0.25) is 23.6 Å². The van der Waals surface area contributed by atoms with E-state index in [1.807, 2.05) is 55.5 Å². The summed E-state index contributed by atoms with van der Waals surface area (Å²) in [7, 11) is 1.57. The minimum atomic E-state index is -0.498. The maximum absolute atomic E-state index is 15.0. The molecule has 1 saturated carbocycles. The molecule has 13 nitrogen and oxygen atoms in total. The summed E-state index contributed by atoms with van der Waals surface area (Å²) in [6, 6.07) is 26.8. The molecule has 1 saturated heterocycles. The number of hydrogen-bond donors (Lipinski definition) is 4. The van der Waals surface area contributed by atoms with E-state index in [2.05, 4.69) is 27.3 Å². The zero-order valence-corrected chi connectivity index (χ0v) is 40.2. The number of nitrogens with zero attached hydrogens (tertiary/aromatic N) is 1. The van der Waals surface area contributed by atoms with Gasteiger partial charge in [0.2, 0.25) is 12.3 Å². The van der Waals surface area contributed by atoms with E-state index in [0.29, 0.717) is 66.5 Å². The molecule has 16 heteroatoms. The van der Waals surface area contributed by atoms with Crippen LogP contribution in [0.2, 0.25) is 5.02 Å². The van der Waals surface area contributed by atoms with Crippen LogP contribution in [0.15, 0.2) is 78.9 Å². The molecule has 1 radical (unpaired) electrons. The van der Waals surface area contributed by atoms with E-state index in [1.54, 1.807) is 37.4 Å². The van der Waals surface area contributed by atoms with Crippen LogP contribution in [0.1, 0.15) is 89.6 Å². The quantitative estimate of drug-likeness (QED) is 0.0438. The van der Waals surface area contributed by atoms with Crippen LogP contribution in [0.3, 0.4) is 0 Å². The number of hydrogen-bond acceptors (Lipinski definition) is 9. The van der Waals surface area contributed by atoms with Crippen molar-refractivity contribution in [1.82, 2.24) is 10.6 Å². The summed E-state index contributed by atoms with van der Waals surface area (Å²) in [5, 5.41) is 6.38. The van der Waals surface area contributed by atoms with Crippen molar-refractivity contribution >= 4 is 48.1 Å². The monoisotopic (exact) mass is 975 g/mol. The number of carbonyl (C=O) groups is 5. The van der Waals surface area contributed by atoms with Crippen LogP contribution in [-0.2, 0) is 51.8 Å². The molecular weight excluding hydrogens is 916 g/mol. The van der Waals surface area contributed by atoms with Gasteiger partial charge >= 0.3 is 0 Å². The van der Waals surface area contributed by atoms with Crippen molar-refractivity contribution in [2.45, 2.75) is 63.8 Å². The Morgan fingerprint density at radius 3 is 2.33 bits per heavy atom. The largest absolute Gasteiger partial charge is 0.693 e. The first kappa shape index (κ1) is 55.6. The Labute approximate surface area is 406 Å². The number of nitrogens with two attached hydrogens (primary N) is 3. The molecule has 4 aromatic rings. The van der Waals surface area contributed by atoms with Gasteiger partial charge in [-0.05, 0) is 55.5 Å². The Morgan fingerprint density at radius 2 is 1.69 bits per heavy atom. The number of rotatable bonds is 18. The second kappa shape index (κ2) is 29.8. The summed E-state index contributed by atoms with van der Waals surface area (Å²) in [5.74, 6) is 0.0978. The number of amides is 3. The molecule has 1 aliphatic heterocycles. The van der Waals surface area contributed by atoms with E-state index in [0.717, 1.165) is 61.9 Å². The van der Waals surface area contributed by atoms with Crippen molar-refractivity contribution in [3.63, 3.8) is 0 Å². The summed E-state index contributed by atoms with van der Waals surface area (Å²) < 4.78 is 25.4. The molecule has 2 aliphatic rings. The van der Waals surface area contributed by atoms with Gasteiger partial charge in [0.1, 0.15) is 12.9 Å². The number of halogens is 2. The minimum absolute atomic E-state index is 0. The summed E-state index contributed by atoms with van der Waals surface area (Å²) in [4.78, 5) is 57.6. The second-order valence-electron chi connectivity index (χ2n) is 15.3. The molecule has 64 heavy (non-hydrogen) atoms. The van der Waals surface area contributed by atoms with Gasteiger partial charge in [-0.1, -0.05) is 91.0 Å². The van der Waals surface area contributed by atoms with Crippen LogP contribution in [0.5, 0.6) is 5.75 Å². The molecule has 1 heterocycles. The third kappa shape index (κ3) is 16.5. The van der Waals surface area contributed by atoms with Crippen LogP contribution in [0.25, 0.3) is 17.3 Å². The molecule has 2 atom stereocenters. The van der Waals surface area contributed by atoms with Gasteiger partial charge in [0.15, 0.2) is 6.29 Å². The van der Waals surface area contributed by atoms with E-state index >= 15 is 4.39 Å². The molecule has 4 aromatic carbocycles. The minimum Gasteiger partial charge on any atom is -0.693 e. The topological polar surface area (TPSA) is 217 Å². The van der Waals surface area contributed by atoms with Crippen molar-refractivity contribution in [3.05, 3.63) is 124 Å². The average molecular weight is 976 g/mol. The predicted molar refractivity (Wildman–Crippen MR) is 245 cm³/mol. The Kier molecular flexibility index (Phi) is 25.9. The molecule has 0 spiro atoms. The van der Waals surface area contributed by atoms with E-state index in [-0.39, 0.29) is 92.9 Å². The number of methoxy groups -OCH3 is 1. The molecule has 2 fully saturated rings. The van der Waals surface area contributed by atoms with Crippen LogP contribution in [0, 0.1) is 23.7 Å². The fourth-order valence-electron chi connectivity index (χ4n) is 7.51. The number of ether oxygens (including phenoxy) is 2. The van der Waals surface area contributed by atoms with Gasteiger partial charge in [0, 0.05) is 118 Å². The zero-order valence-electron chi connectivity index (χ0n) is 36.6. The van der Waals surface area contributed by atoms with E-state index < -0.39 is 5.82 Å². The van der Waals surface area contributed by atoms with Gasteiger partial charge in [-0.25, -0.2) is 0 Å². The standard InChI is InChI=1S/C24H33N3O4.C23H22ClFNO2.CH3NO.H2N.Y/c1-17(6-5-11-28)26-24(31)22-10-9-21(12-20(22)16-29)27-14-18(15-27)13-25-23(30)19-7-3-2-4-8-19;1-27-12-13-28-22-9-5-8-18(23(22)25)19-14-17(10-11-21(19)24)20(15-26)16-6-3-2-4-7-16;2-1-3;;/h9-12,16-19H,2-8,13-15H2,1H3,(H,25,30)(H,26,31);2-7,9-11,14,20H,12-13,15,26H2,1H3;1H,(H2,2,3);1H2;/q;-1;;-1;. The molecule has 3 amide bonds. The van der Waals surface area contributed by atoms with Crippen molar-refractivity contribution in [3.8, 4) is 16.9 Å². The number of benzene rings is 4. The van der Waals surface area contributed by atoms with Crippen molar-refractivity contribution in [1.29, 1.82) is 0 Å². The summed E-state index contributed by atoms with van der Waals surface area (Å²) in [6.07, 6.45) is 8.30. The molecular formula is C48H60ClFN6O7Y-2. The zero-order chi connectivity index (χ0) is 44.9. The molecule has 8 N–H and O–H groups in total. The first-order valence-electron chi connectivity index (χ1n) is 21.0. The Balaban J connectivity index is 0.000000404. The average Bonchev–Trinajstić information content (AvgIpc) is 3.27. The fourth-order valence-corrected chi connectivity index (χ4v) is 7.72. The van der Waals surface area contributed by atoms with Crippen molar-refractivity contribution in [2.24, 2.45) is 23.3 Å². The van der Waals surface area contributed by atoms with Crippen LogP contribution in [0.4, 0.5) is 10.1 Å². The second-order valence-corrected chi connectivity index (χ2v) is 15.7. The predicted octanol–water partition coefficient (Wildman–Crippen LogP) is 7.61. The number of anilines is 1.